The zero-order chi connectivity index (χ0) is 11.3. The van der Waals surface area contributed by atoms with Crippen molar-refractivity contribution in [3.05, 3.63) is 30.1 Å². The molecule has 0 aliphatic heterocycles. The largest absolute Gasteiger partial charge is 0.382 e. The molecule has 0 saturated carbocycles. The molecule has 3 nitrogen and oxygen atoms in total. The summed E-state index contributed by atoms with van der Waals surface area (Å²) in [5.41, 5.74) is 6.60. The van der Waals surface area contributed by atoms with E-state index in [-0.39, 0.29) is 0 Å². The van der Waals surface area contributed by atoms with Crippen LogP contribution < -0.4 is 5.73 Å². The van der Waals surface area contributed by atoms with Crippen LogP contribution in [0.2, 0.25) is 25.7 Å². The van der Waals surface area contributed by atoms with Crippen molar-refractivity contribution in [1.82, 2.24) is 4.98 Å². The van der Waals surface area contributed by atoms with Crippen molar-refractivity contribution in [2.24, 2.45) is 10.7 Å². The third-order valence-electron chi connectivity index (χ3n) is 2.07. The highest BCUT2D eigenvalue weighted by Gasteiger charge is 2.11. The van der Waals surface area contributed by atoms with Crippen LogP contribution in [0.5, 0.6) is 0 Å². The number of aromatic nitrogens is 1. The Morgan fingerprint density at radius 3 is 2.67 bits per heavy atom. The van der Waals surface area contributed by atoms with Crippen LogP contribution in [0.1, 0.15) is 5.69 Å². The molecule has 0 aliphatic carbocycles. The van der Waals surface area contributed by atoms with E-state index in [9.17, 15) is 0 Å². The zero-order valence-electron chi connectivity index (χ0n) is 9.70. The van der Waals surface area contributed by atoms with Gasteiger partial charge in [-0.3, -0.25) is 9.98 Å². The van der Waals surface area contributed by atoms with E-state index in [1.807, 2.05) is 18.2 Å². The van der Waals surface area contributed by atoms with E-state index in [1.165, 1.54) is 6.04 Å². The first-order chi connectivity index (χ1) is 6.99. The molecule has 0 fully saturated rings. The average Bonchev–Trinajstić information content (AvgIpc) is 2.17. The summed E-state index contributed by atoms with van der Waals surface area (Å²) in [6, 6.07) is 6.84. The minimum absolute atomic E-state index is 0.550. The number of aliphatic imine (C=N–C) groups is 1. The van der Waals surface area contributed by atoms with Gasteiger partial charge in [0.2, 0.25) is 0 Å². The van der Waals surface area contributed by atoms with E-state index < -0.39 is 8.07 Å². The third kappa shape index (κ3) is 4.74. The molecule has 0 unspecified atom stereocenters. The molecule has 2 N–H and O–H groups in total. The van der Waals surface area contributed by atoms with Crippen molar-refractivity contribution in [2.45, 2.75) is 25.7 Å². The molecule has 82 valence electrons. The number of pyridine rings is 1. The first-order valence-electron chi connectivity index (χ1n) is 5.20. The van der Waals surface area contributed by atoms with Gasteiger partial charge in [-0.1, -0.05) is 25.7 Å². The van der Waals surface area contributed by atoms with Gasteiger partial charge in [-0.2, -0.15) is 0 Å². The van der Waals surface area contributed by atoms with Crippen molar-refractivity contribution < 1.29 is 0 Å². The molecule has 1 aromatic rings. The average molecular weight is 221 g/mol. The number of nitrogens with zero attached hydrogens (tertiary/aromatic N) is 2. The Labute approximate surface area is 92.5 Å². The molecule has 0 spiro atoms. The fraction of sp³-hybridized carbons (Fsp3) is 0.455. The summed E-state index contributed by atoms with van der Waals surface area (Å²) in [6.07, 6.45) is 1.73. The molecule has 0 aliphatic rings. The molecular weight excluding hydrogens is 202 g/mol. The highest BCUT2D eigenvalue weighted by molar-refractivity contribution is 6.76. The number of rotatable bonds is 4. The molecule has 15 heavy (non-hydrogen) atoms. The lowest BCUT2D eigenvalue weighted by atomic mass is 10.3. The van der Waals surface area contributed by atoms with Crippen molar-refractivity contribution in [2.75, 3.05) is 6.54 Å². The molecule has 1 aromatic heterocycles. The summed E-state index contributed by atoms with van der Waals surface area (Å²) in [7, 11) is -1.01. The quantitative estimate of drug-likeness (QED) is 0.481. The summed E-state index contributed by atoms with van der Waals surface area (Å²) in [5.74, 6) is 0.550. The lowest BCUT2D eigenvalue weighted by Gasteiger charge is -2.13. The van der Waals surface area contributed by atoms with Crippen LogP contribution in [0, 0.1) is 0 Å². The van der Waals surface area contributed by atoms with E-state index in [2.05, 4.69) is 29.6 Å². The van der Waals surface area contributed by atoms with Gasteiger partial charge in [-0.25, -0.2) is 0 Å². The van der Waals surface area contributed by atoms with Gasteiger partial charge >= 0.3 is 0 Å². The van der Waals surface area contributed by atoms with Gasteiger partial charge in [-0.15, -0.1) is 0 Å². The summed E-state index contributed by atoms with van der Waals surface area (Å²) in [5, 5.41) is 0. The molecule has 0 atom stereocenters. The number of amidine groups is 1. The third-order valence-corrected chi connectivity index (χ3v) is 3.79. The first kappa shape index (κ1) is 11.9. The summed E-state index contributed by atoms with van der Waals surface area (Å²) >= 11 is 0. The highest BCUT2D eigenvalue weighted by Crippen LogP contribution is 2.07. The predicted octanol–water partition coefficient (Wildman–Crippen LogP) is 2.13. The Kier molecular flexibility index (Phi) is 4.02. The van der Waals surface area contributed by atoms with E-state index in [0.29, 0.717) is 5.84 Å². The second kappa shape index (κ2) is 5.07. The minimum atomic E-state index is -1.01. The molecule has 0 saturated heterocycles. The van der Waals surface area contributed by atoms with Gasteiger partial charge in [0.1, 0.15) is 11.5 Å². The molecule has 1 heterocycles. The Morgan fingerprint density at radius 2 is 2.13 bits per heavy atom. The zero-order valence-corrected chi connectivity index (χ0v) is 10.7. The first-order valence-corrected chi connectivity index (χ1v) is 8.91. The molecular formula is C11H19N3Si. The van der Waals surface area contributed by atoms with E-state index in [1.54, 1.807) is 6.20 Å². The lowest BCUT2D eigenvalue weighted by Crippen LogP contribution is -2.22. The van der Waals surface area contributed by atoms with E-state index in [4.69, 9.17) is 5.73 Å². The van der Waals surface area contributed by atoms with Crippen LogP contribution in [-0.2, 0) is 0 Å². The summed E-state index contributed by atoms with van der Waals surface area (Å²) in [4.78, 5) is 8.50. The fourth-order valence-corrected chi connectivity index (χ4v) is 1.89. The Balaban J connectivity index is 2.54. The molecule has 0 aromatic carbocycles. The minimum Gasteiger partial charge on any atom is -0.382 e. The van der Waals surface area contributed by atoms with E-state index >= 15 is 0 Å². The number of hydrogen-bond acceptors (Lipinski definition) is 2. The molecule has 0 amide bonds. The van der Waals surface area contributed by atoms with Crippen LogP contribution in [0.25, 0.3) is 0 Å². The SMILES string of the molecule is C[Si](C)(C)CCN=C(N)c1ccccn1. The van der Waals surface area contributed by atoms with Crippen LogP contribution in [0.4, 0.5) is 0 Å². The monoisotopic (exact) mass is 221 g/mol. The van der Waals surface area contributed by atoms with Crippen molar-refractivity contribution >= 4 is 13.9 Å². The molecule has 1 rings (SSSR count). The summed E-state index contributed by atoms with van der Waals surface area (Å²) in [6.45, 7) is 7.82. The number of nitrogens with two attached hydrogens (primary N) is 1. The van der Waals surface area contributed by atoms with Gasteiger partial charge in [-0.05, 0) is 18.2 Å². The van der Waals surface area contributed by atoms with Crippen LogP contribution >= 0.6 is 0 Å². The van der Waals surface area contributed by atoms with Gasteiger partial charge in [0.05, 0.1) is 0 Å². The van der Waals surface area contributed by atoms with Gasteiger partial charge < -0.3 is 5.73 Å². The predicted molar refractivity (Wildman–Crippen MR) is 68.0 cm³/mol. The molecule has 0 bridgehead atoms. The van der Waals surface area contributed by atoms with Crippen molar-refractivity contribution in [1.29, 1.82) is 0 Å². The van der Waals surface area contributed by atoms with Crippen molar-refractivity contribution in [3.8, 4) is 0 Å². The lowest BCUT2D eigenvalue weighted by molar-refractivity contribution is 1.08. The second-order valence-corrected chi connectivity index (χ2v) is 10.4. The maximum atomic E-state index is 5.83. The van der Waals surface area contributed by atoms with Crippen LogP contribution in [0.15, 0.2) is 29.4 Å². The normalized spacial score (nSPS) is 12.9. The standard InChI is InChI=1S/C11H19N3Si/c1-15(2,3)9-8-14-11(12)10-6-4-5-7-13-10/h4-7H,8-9H2,1-3H3,(H2,12,14). The van der Waals surface area contributed by atoms with Crippen LogP contribution in [0.3, 0.4) is 0 Å². The highest BCUT2D eigenvalue weighted by atomic mass is 28.3. The second-order valence-electron chi connectivity index (χ2n) is 4.79. The number of hydrogen-bond donors (Lipinski definition) is 1. The molecule has 0 radical (unpaired) electrons. The van der Waals surface area contributed by atoms with Gasteiger partial charge in [0, 0.05) is 20.8 Å². The fourth-order valence-electron chi connectivity index (χ4n) is 1.11. The summed E-state index contributed by atoms with van der Waals surface area (Å²) < 4.78 is 0. The van der Waals surface area contributed by atoms with Crippen molar-refractivity contribution in [3.63, 3.8) is 0 Å². The Hall–Kier alpha value is -1.16. The topological polar surface area (TPSA) is 51.3 Å². The van der Waals surface area contributed by atoms with Crippen LogP contribution in [-0.4, -0.2) is 25.4 Å². The maximum absolute atomic E-state index is 5.83. The van der Waals surface area contributed by atoms with Gasteiger partial charge in [0.25, 0.3) is 0 Å². The van der Waals surface area contributed by atoms with E-state index in [0.717, 1.165) is 12.2 Å². The molecule has 4 heteroatoms. The smallest absolute Gasteiger partial charge is 0.144 e. The van der Waals surface area contributed by atoms with Gasteiger partial charge in [0.15, 0.2) is 0 Å². The Morgan fingerprint density at radius 1 is 1.40 bits per heavy atom. The Bertz CT molecular complexity index is 327. The maximum Gasteiger partial charge on any atom is 0.144 e.